The standard InChI is InChI=1S/C29H33ClN2O5/c1-17-4-5-21(8-18(17)2)28-11-19-9-20(12-28)14-29(13-19,16-28)27(35)37-15-25(33)31-32-26(34)23-10-22(30)6-7-24(23)36-3/h4-8,10,19-20H,9,11-16H2,1-3H3,(H,31,33)(H,32,34)/t19-,20-,28?,29?/m0/s1. The van der Waals surface area contributed by atoms with Crippen molar-refractivity contribution in [2.75, 3.05) is 13.7 Å². The number of benzene rings is 2. The van der Waals surface area contributed by atoms with Gasteiger partial charge in [0, 0.05) is 5.02 Å². The number of nitrogens with one attached hydrogen (secondary N) is 2. The monoisotopic (exact) mass is 524 g/mol. The number of amides is 2. The number of hydrogen-bond donors (Lipinski definition) is 2. The fraction of sp³-hybridized carbons (Fsp3) is 0.483. The fourth-order valence-electron chi connectivity index (χ4n) is 7.28. The molecule has 7 nitrogen and oxygen atoms in total. The summed E-state index contributed by atoms with van der Waals surface area (Å²) in [5, 5.41) is 0.361. The van der Waals surface area contributed by atoms with Gasteiger partial charge in [0.1, 0.15) is 5.75 Å². The van der Waals surface area contributed by atoms with Gasteiger partial charge in [-0.1, -0.05) is 29.8 Å². The first-order valence-corrected chi connectivity index (χ1v) is 13.2. The molecule has 0 radical (unpaired) electrons. The molecule has 4 saturated carbocycles. The highest BCUT2D eigenvalue weighted by Gasteiger charge is 2.61. The molecule has 0 spiro atoms. The Morgan fingerprint density at radius 2 is 1.70 bits per heavy atom. The van der Waals surface area contributed by atoms with Crippen molar-refractivity contribution >= 4 is 29.4 Å². The Kier molecular flexibility index (Phi) is 6.69. The molecule has 0 saturated heterocycles. The van der Waals surface area contributed by atoms with Crippen LogP contribution in [0, 0.1) is 31.1 Å². The van der Waals surface area contributed by atoms with Crippen LogP contribution < -0.4 is 15.6 Å². The van der Waals surface area contributed by atoms with Crippen LogP contribution in [0.3, 0.4) is 0 Å². The number of carbonyl (C=O) groups excluding carboxylic acids is 3. The molecule has 0 aromatic heterocycles. The molecule has 0 unspecified atom stereocenters. The van der Waals surface area contributed by atoms with E-state index in [0.717, 1.165) is 32.1 Å². The smallest absolute Gasteiger partial charge is 0.312 e. The van der Waals surface area contributed by atoms with Crippen LogP contribution in [0.25, 0.3) is 0 Å². The van der Waals surface area contributed by atoms with Gasteiger partial charge >= 0.3 is 5.97 Å². The number of carbonyl (C=O) groups is 3. The van der Waals surface area contributed by atoms with Crippen LogP contribution in [-0.2, 0) is 19.7 Å². The lowest BCUT2D eigenvalue weighted by molar-refractivity contribution is -0.175. The lowest BCUT2D eigenvalue weighted by Crippen LogP contribution is -2.57. The summed E-state index contributed by atoms with van der Waals surface area (Å²) in [6, 6.07) is 11.3. The topological polar surface area (TPSA) is 93.7 Å². The molecule has 37 heavy (non-hydrogen) atoms. The number of hydrazine groups is 1. The molecule has 0 heterocycles. The zero-order chi connectivity index (χ0) is 26.4. The Labute approximate surface area is 222 Å². The number of halogens is 1. The molecular weight excluding hydrogens is 492 g/mol. The Morgan fingerprint density at radius 1 is 0.973 bits per heavy atom. The van der Waals surface area contributed by atoms with Gasteiger partial charge in [-0.15, -0.1) is 0 Å². The van der Waals surface area contributed by atoms with Crippen molar-refractivity contribution in [3.63, 3.8) is 0 Å². The first-order chi connectivity index (χ1) is 17.6. The second-order valence-corrected chi connectivity index (χ2v) is 11.7. The molecule has 2 N–H and O–H groups in total. The van der Waals surface area contributed by atoms with Crippen molar-refractivity contribution in [1.29, 1.82) is 0 Å². The normalized spacial score (nSPS) is 27.5. The molecule has 2 atom stereocenters. The molecule has 2 amide bonds. The molecule has 6 rings (SSSR count). The molecular formula is C29H33ClN2O5. The van der Waals surface area contributed by atoms with Crippen LogP contribution >= 0.6 is 11.6 Å². The van der Waals surface area contributed by atoms with Gasteiger partial charge in [0.15, 0.2) is 6.61 Å². The second-order valence-electron chi connectivity index (χ2n) is 11.2. The molecule has 2 aromatic rings. The summed E-state index contributed by atoms with van der Waals surface area (Å²) in [4.78, 5) is 38.4. The fourth-order valence-corrected chi connectivity index (χ4v) is 7.45. The lowest BCUT2D eigenvalue weighted by atomic mass is 9.43. The molecule has 8 heteroatoms. The van der Waals surface area contributed by atoms with Crippen molar-refractivity contribution in [3.8, 4) is 5.75 Å². The highest BCUT2D eigenvalue weighted by atomic mass is 35.5. The summed E-state index contributed by atoms with van der Waals surface area (Å²) in [6.45, 7) is 3.80. The number of rotatable bonds is 6. The zero-order valence-electron chi connectivity index (χ0n) is 21.5. The Bertz CT molecular complexity index is 1240. The van der Waals surface area contributed by atoms with Crippen LogP contribution in [0.2, 0.25) is 5.02 Å². The number of aryl methyl sites for hydroxylation is 2. The molecule has 2 aromatic carbocycles. The van der Waals surface area contributed by atoms with Gasteiger partial charge in [0.25, 0.3) is 11.8 Å². The van der Waals surface area contributed by atoms with Crippen LogP contribution in [0.5, 0.6) is 5.75 Å². The van der Waals surface area contributed by atoms with E-state index >= 15 is 0 Å². The van der Waals surface area contributed by atoms with E-state index in [-0.39, 0.29) is 16.9 Å². The van der Waals surface area contributed by atoms with Gasteiger partial charge in [-0.3, -0.25) is 25.2 Å². The third-order valence-electron chi connectivity index (χ3n) is 8.67. The van der Waals surface area contributed by atoms with Gasteiger partial charge < -0.3 is 9.47 Å². The lowest BCUT2D eigenvalue weighted by Gasteiger charge is -2.61. The van der Waals surface area contributed by atoms with Crippen molar-refractivity contribution < 1.29 is 23.9 Å². The Hall–Kier alpha value is -3.06. The number of methoxy groups -OCH3 is 1. The maximum atomic E-state index is 13.5. The van der Waals surface area contributed by atoms with Crippen LogP contribution in [-0.4, -0.2) is 31.5 Å². The van der Waals surface area contributed by atoms with Crippen LogP contribution in [0.4, 0.5) is 0 Å². The summed E-state index contributed by atoms with van der Waals surface area (Å²) in [5.41, 5.74) is 8.14. The largest absolute Gasteiger partial charge is 0.496 e. The van der Waals surface area contributed by atoms with Crippen molar-refractivity contribution in [2.45, 2.75) is 57.8 Å². The maximum Gasteiger partial charge on any atom is 0.312 e. The van der Waals surface area contributed by atoms with E-state index in [0.29, 0.717) is 22.6 Å². The Morgan fingerprint density at radius 3 is 2.38 bits per heavy atom. The van der Waals surface area contributed by atoms with Crippen molar-refractivity contribution in [1.82, 2.24) is 10.9 Å². The minimum absolute atomic E-state index is 0.00614. The van der Waals surface area contributed by atoms with E-state index in [1.165, 1.54) is 36.3 Å². The quantitative estimate of drug-likeness (QED) is 0.418. The van der Waals surface area contributed by atoms with Crippen LogP contribution in [0.1, 0.15) is 65.6 Å². The molecule has 4 aliphatic rings. The van der Waals surface area contributed by atoms with Crippen molar-refractivity contribution in [3.05, 3.63) is 63.7 Å². The first-order valence-electron chi connectivity index (χ1n) is 12.8. The average molecular weight is 525 g/mol. The van der Waals surface area contributed by atoms with Gasteiger partial charge in [-0.25, -0.2) is 0 Å². The van der Waals surface area contributed by atoms with Gasteiger partial charge in [-0.2, -0.15) is 0 Å². The van der Waals surface area contributed by atoms with E-state index in [9.17, 15) is 14.4 Å². The zero-order valence-corrected chi connectivity index (χ0v) is 22.2. The first kappa shape index (κ1) is 25.6. The highest BCUT2D eigenvalue weighted by Crippen LogP contribution is 2.66. The number of hydrogen-bond acceptors (Lipinski definition) is 5. The minimum atomic E-state index is -0.615. The van der Waals surface area contributed by atoms with E-state index in [1.807, 2.05) is 0 Å². The Balaban J connectivity index is 1.22. The van der Waals surface area contributed by atoms with E-state index in [1.54, 1.807) is 12.1 Å². The molecule has 4 fully saturated rings. The second kappa shape index (κ2) is 9.67. The summed E-state index contributed by atoms with van der Waals surface area (Å²) in [5.74, 6) is -0.186. The predicted octanol–water partition coefficient (Wildman–Crippen LogP) is 4.81. The SMILES string of the molecule is COc1ccc(Cl)cc1C(=O)NNC(=O)COC(=O)C12C[C@H]3C[C@H](C1)CC(c1ccc(C)c(C)c1)(C3)C2. The summed E-state index contributed by atoms with van der Waals surface area (Å²) >= 11 is 5.98. The maximum absolute atomic E-state index is 13.5. The summed E-state index contributed by atoms with van der Waals surface area (Å²) in [6.07, 6.45) is 5.80. The number of ether oxygens (including phenoxy) is 2. The summed E-state index contributed by atoms with van der Waals surface area (Å²) < 4.78 is 10.7. The third-order valence-corrected chi connectivity index (χ3v) is 8.90. The minimum Gasteiger partial charge on any atom is -0.496 e. The van der Waals surface area contributed by atoms with Crippen molar-refractivity contribution in [2.24, 2.45) is 17.3 Å². The van der Waals surface area contributed by atoms with E-state index < -0.39 is 23.8 Å². The molecule has 196 valence electrons. The average Bonchev–Trinajstić information content (AvgIpc) is 2.86. The van der Waals surface area contributed by atoms with E-state index in [4.69, 9.17) is 21.1 Å². The predicted molar refractivity (Wildman–Crippen MR) is 139 cm³/mol. The van der Waals surface area contributed by atoms with Gasteiger partial charge in [0.2, 0.25) is 0 Å². The molecule has 4 aliphatic carbocycles. The van der Waals surface area contributed by atoms with Gasteiger partial charge in [0.05, 0.1) is 18.1 Å². The van der Waals surface area contributed by atoms with Crippen LogP contribution in [0.15, 0.2) is 36.4 Å². The third kappa shape index (κ3) is 4.81. The number of esters is 1. The van der Waals surface area contributed by atoms with Gasteiger partial charge in [-0.05, 0) is 105 Å². The summed E-state index contributed by atoms with van der Waals surface area (Å²) in [7, 11) is 1.44. The molecule has 0 aliphatic heterocycles. The highest BCUT2D eigenvalue weighted by molar-refractivity contribution is 6.31. The van der Waals surface area contributed by atoms with E-state index in [2.05, 4.69) is 42.9 Å². The molecule has 4 bridgehead atoms.